The van der Waals surface area contributed by atoms with Crippen molar-refractivity contribution in [2.24, 2.45) is 0 Å². The highest BCUT2D eigenvalue weighted by Gasteiger charge is 2.38. The monoisotopic (exact) mass is 245 g/mol. The molecule has 0 unspecified atom stereocenters. The third-order valence-electron chi connectivity index (χ3n) is 0.905. The molecular weight excluding hydrogens is 231 g/mol. The Morgan fingerprint density at radius 1 is 1.19 bits per heavy atom. The molecule has 16 heavy (non-hydrogen) atoms. The summed E-state index contributed by atoms with van der Waals surface area (Å²) in [5, 5.41) is 9.73. The van der Waals surface area contributed by atoms with Gasteiger partial charge in [0.15, 0.2) is 0 Å². The highest BCUT2D eigenvalue weighted by atomic mass is 19.4. The number of carbonyl (C=O) groups excluding carboxylic acids is 1. The van der Waals surface area contributed by atoms with Gasteiger partial charge < -0.3 is 15.2 Å². The second-order valence-corrected chi connectivity index (χ2v) is 3.67. The number of hydrogen-bond donors (Lipinski definition) is 2. The molecule has 0 spiro atoms. The highest BCUT2D eigenvalue weighted by Crippen LogP contribution is 2.13. The molecule has 0 heterocycles. The molecule has 0 aliphatic carbocycles. The topological polar surface area (TPSA) is 75.6 Å². The maximum atomic E-state index is 10.6. The summed E-state index contributed by atoms with van der Waals surface area (Å²) in [6.45, 7) is 5.68. The van der Waals surface area contributed by atoms with E-state index in [9.17, 15) is 18.0 Å². The van der Waals surface area contributed by atoms with Crippen LogP contribution >= 0.6 is 0 Å². The number of alkyl carbamates (subject to hydrolysis) is 1. The molecule has 0 aromatic carbocycles. The quantitative estimate of drug-likeness (QED) is 0.682. The van der Waals surface area contributed by atoms with Gasteiger partial charge in [-0.25, -0.2) is 9.59 Å². The lowest BCUT2D eigenvalue weighted by Gasteiger charge is -2.18. The molecule has 0 saturated carbocycles. The molecule has 0 bridgehead atoms. The van der Waals surface area contributed by atoms with Gasteiger partial charge in [0, 0.05) is 5.54 Å². The fourth-order valence-electron chi connectivity index (χ4n) is 0.357. The van der Waals surface area contributed by atoms with E-state index in [2.05, 4.69) is 10.1 Å². The Hall–Kier alpha value is -1.47. The molecule has 1 amide bonds. The maximum Gasteiger partial charge on any atom is 0.490 e. The summed E-state index contributed by atoms with van der Waals surface area (Å²) in [7, 11) is 1.35. The zero-order valence-electron chi connectivity index (χ0n) is 9.31. The first-order valence-corrected chi connectivity index (χ1v) is 4.06. The van der Waals surface area contributed by atoms with Crippen molar-refractivity contribution in [3.8, 4) is 0 Å². The van der Waals surface area contributed by atoms with E-state index in [1.54, 1.807) is 0 Å². The van der Waals surface area contributed by atoms with Crippen LogP contribution in [-0.2, 0) is 9.53 Å². The second kappa shape index (κ2) is 6.19. The zero-order valence-corrected chi connectivity index (χ0v) is 9.31. The molecule has 0 aromatic heterocycles. The summed E-state index contributed by atoms with van der Waals surface area (Å²) in [5.41, 5.74) is -0.201. The van der Waals surface area contributed by atoms with Crippen LogP contribution in [0.2, 0.25) is 0 Å². The minimum Gasteiger partial charge on any atom is -0.475 e. The molecule has 0 fully saturated rings. The lowest BCUT2D eigenvalue weighted by atomic mass is 10.1. The summed E-state index contributed by atoms with van der Waals surface area (Å²) in [5.74, 6) is -2.76. The number of halogens is 3. The Balaban J connectivity index is 0. The average Bonchev–Trinajstić information content (AvgIpc) is 2.00. The fraction of sp³-hybridized carbons (Fsp3) is 0.750. The molecule has 0 aliphatic heterocycles. The zero-order chi connectivity index (χ0) is 13.6. The Labute approximate surface area is 90.6 Å². The summed E-state index contributed by atoms with van der Waals surface area (Å²) in [6, 6.07) is 0. The fourth-order valence-corrected chi connectivity index (χ4v) is 0.357. The first kappa shape index (κ1) is 16.9. The highest BCUT2D eigenvalue weighted by molar-refractivity contribution is 5.73. The molecular formula is C8H14F3NO4. The van der Waals surface area contributed by atoms with Crippen LogP contribution in [0.1, 0.15) is 20.8 Å². The Bertz CT molecular complexity index is 245. The van der Waals surface area contributed by atoms with E-state index in [0.29, 0.717) is 0 Å². The standard InChI is InChI=1S/C6H13NO2.C2HF3O2/c1-6(2,3)7-5(8)9-4;3-2(4,5)1(6)7/h1-4H3,(H,7,8);(H,6,7). The van der Waals surface area contributed by atoms with Crippen molar-refractivity contribution < 1.29 is 32.6 Å². The predicted octanol–water partition coefficient (Wildman–Crippen LogP) is 1.77. The SMILES string of the molecule is COC(=O)NC(C)(C)C.O=C(O)C(F)(F)F. The number of alkyl halides is 3. The maximum absolute atomic E-state index is 10.6. The van der Waals surface area contributed by atoms with Crippen LogP contribution < -0.4 is 5.32 Å². The number of aliphatic carboxylic acids is 1. The summed E-state index contributed by atoms with van der Waals surface area (Å²) in [4.78, 5) is 19.4. The van der Waals surface area contributed by atoms with Gasteiger partial charge >= 0.3 is 18.2 Å². The Morgan fingerprint density at radius 3 is 1.56 bits per heavy atom. The number of hydrogen-bond acceptors (Lipinski definition) is 3. The number of carboxylic acid groups (broad SMARTS) is 1. The molecule has 5 nitrogen and oxygen atoms in total. The number of carboxylic acids is 1. The number of nitrogens with one attached hydrogen (secondary N) is 1. The minimum atomic E-state index is -5.08. The predicted molar refractivity (Wildman–Crippen MR) is 49.0 cm³/mol. The van der Waals surface area contributed by atoms with Gasteiger partial charge in [0.05, 0.1) is 7.11 Å². The van der Waals surface area contributed by atoms with Crippen molar-refractivity contribution in [1.82, 2.24) is 5.32 Å². The van der Waals surface area contributed by atoms with E-state index < -0.39 is 12.1 Å². The van der Waals surface area contributed by atoms with Gasteiger partial charge in [-0.15, -0.1) is 0 Å². The number of rotatable bonds is 0. The van der Waals surface area contributed by atoms with Crippen LogP contribution in [-0.4, -0.2) is 36.0 Å². The van der Waals surface area contributed by atoms with Gasteiger partial charge in [0.1, 0.15) is 0 Å². The van der Waals surface area contributed by atoms with Gasteiger partial charge in [0.25, 0.3) is 0 Å². The summed E-state index contributed by atoms with van der Waals surface area (Å²) in [6.07, 6.45) is -5.47. The van der Waals surface area contributed by atoms with Crippen molar-refractivity contribution in [2.45, 2.75) is 32.5 Å². The van der Waals surface area contributed by atoms with Crippen LogP contribution in [0.4, 0.5) is 18.0 Å². The van der Waals surface area contributed by atoms with Crippen molar-refractivity contribution in [3.63, 3.8) is 0 Å². The van der Waals surface area contributed by atoms with Gasteiger partial charge in [-0.05, 0) is 20.8 Å². The van der Waals surface area contributed by atoms with Gasteiger partial charge in [-0.1, -0.05) is 0 Å². The Kier molecular flexibility index (Phi) is 6.55. The van der Waals surface area contributed by atoms with E-state index in [4.69, 9.17) is 9.90 Å². The average molecular weight is 245 g/mol. The van der Waals surface area contributed by atoms with Crippen LogP contribution in [0.5, 0.6) is 0 Å². The van der Waals surface area contributed by atoms with Crippen molar-refractivity contribution >= 4 is 12.1 Å². The van der Waals surface area contributed by atoms with E-state index in [0.717, 1.165) is 0 Å². The lowest BCUT2D eigenvalue weighted by Crippen LogP contribution is -2.40. The van der Waals surface area contributed by atoms with E-state index in [-0.39, 0.29) is 11.6 Å². The normalized spacial score (nSPS) is 10.9. The number of carbonyl (C=O) groups is 2. The van der Waals surface area contributed by atoms with Crippen molar-refractivity contribution in [2.75, 3.05) is 7.11 Å². The molecule has 0 atom stereocenters. The van der Waals surface area contributed by atoms with Crippen LogP contribution in [0, 0.1) is 0 Å². The molecule has 0 rings (SSSR count). The van der Waals surface area contributed by atoms with Crippen LogP contribution in [0.15, 0.2) is 0 Å². The Morgan fingerprint density at radius 2 is 1.50 bits per heavy atom. The van der Waals surface area contributed by atoms with Crippen LogP contribution in [0.3, 0.4) is 0 Å². The third kappa shape index (κ3) is 12.5. The smallest absolute Gasteiger partial charge is 0.475 e. The van der Waals surface area contributed by atoms with Gasteiger partial charge in [-0.3, -0.25) is 0 Å². The van der Waals surface area contributed by atoms with Crippen LogP contribution in [0.25, 0.3) is 0 Å². The summed E-state index contributed by atoms with van der Waals surface area (Å²) >= 11 is 0. The van der Waals surface area contributed by atoms with Gasteiger partial charge in [-0.2, -0.15) is 13.2 Å². The van der Waals surface area contributed by atoms with E-state index in [1.165, 1.54) is 7.11 Å². The molecule has 0 aromatic rings. The largest absolute Gasteiger partial charge is 0.490 e. The minimum absolute atomic E-state index is 0.201. The number of amides is 1. The van der Waals surface area contributed by atoms with E-state index >= 15 is 0 Å². The first-order valence-electron chi connectivity index (χ1n) is 4.06. The second-order valence-electron chi connectivity index (χ2n) is 3.67. The lowest BCUT2D eigenvalue weighted by molar-refractivity contribution is -0.192. The number of ether oxygens (including phenoxy) is 1. The molecule has 96 valence electrons. The summed E-state index contributed by atoms with van der Waals surface area (Å²) < 4.78 is 36.1. The van der Waals surface area contributed by atoms with Crippen molar-refractivity contribution in [3.05, 3.63) is 0 Å². The molecule has 0 aliphatic rings. The van der Waals surface area contributed by atoms with E-state index in [1.807, 2.05) is 20.8 Å². The molecule has 0 radical (unpaired) electrons. The number of methoxy groups -OCH3 is 1. The van der Waals surface area contributed by atoms with Gasteiger partial charge in [0.2, 0.25) is 0 Å². The third-order valence-corrected chi connectivity index (χ3v) is 0.905. The molecule has 0 saturated heterocycles. The molecule has 2 N–H and O–H groups in total. The first-order chi connectivity index (χ1) is 6.90. The molecule has 8 heteroatoms. The van der Waals surface area contributed by atoms with Crippen molar-refractivity contribution in [1.29, 1.82) is 0 Å².